The summed E-state index contributed by atoms with van der Waals surface area (Å²) in [4.78, 5) is 15.7. The summed E-state index contributed by atoms with van der Waals surface area (Å²) < 4.78 is 0. The Kier molecular flexibility index (Phi) is 3.24. The molecular formula is C12H16ClN3O. The van der Waals surface area contributed by atoms with Gasteiger partial charge in [-0.1, -0.05) is 24.9 Å². The first-order valence-corrected chi connectivity index (χ1v) is 6.08. The van der Waals surface area contributed by atoms with Gasteiger partial charge in [0.1, 0.15) is 11.0 Å². The lowest BCUT2D eigenvalue weighted by atomic mass is 9.70. The molecule has 1 aliphatic carbocycles. The van der Waals surface area contributed by atoms with Gasteiger partial charge in [-0.3, -0.25) is 4.79 Å². The first-order valence-electron chi connectivity index (χ1n) is 5.70. The predicted octanol–water partition coefficient (Wildman–Crippen LogP) is 2.24. The van der Waals surface area contributed by atoms with Gasteiger partial charge in [0.2, 0.25) is 0 Å². The largest absolute Gasteiger partial charge is 0.384 e. The van der Waals surface area contributed by atoms with Crippen LogP contribution in [-0.4, -0.2) is 17.4 Å². The lowest BCUT2D eigenvalue weighted by molar-refractivity contribution is 0.0890. The molecule has 1 aromatic heterocycles. The monoisotopic (exact) mass is 253 g/mol. The molecule has 0 bridgehead atoms. The molecule has 0 radical (unpaired) electrons. The van der Waals surface area contributed by atoms with Crippen molar-refractivity contribution in [2.75, 3.05) is 12.3 Å². The molecule has 1 aliphatic rings. The minimum atomic E-state index is -0.144. The standard InChI is InChI=1S/C12H16ClN3O/c1-12(3-2-4-12)7-15-11(17)8-5-9(13)16-10(14)6-8/h5-6H,2-4,7H2,1H3,(H2,14,16)(H,15,17). The number of rotatable bonds is 3. The first kappa shape index (κ1) is 12.2. The van der Waals surface area contributed by atoms with Crippen LogP contribution in [0.25, 0.3) is 0 Å². The van der Waals surface area contributed by atoms with Gasteiger partial charge >= 0.3 is 0 Å². The highest BCUT2D eigenvalue weighted by Crippen LogP contribution is 2.39. The Labute approximate surface area is 106 Å². The van der Waals surface area contributed by atoms with E-state index in [0.29, 0.717) is 12.1 Å². The van der Waals surface area contributed by atoms with E-state index in [1.807, 2.05) is 0 Å². The number of carbonyl (C=O) groups is 1. The molecule has 17 heavy (non-hydrogen) atoms. The average molecular weight is 254 g/mol. The fourth-order valence-electron chi connectivity index (χ4n) is 2.00. The maximum absolute atomic E-state index is 11.9. The van der Waals surface area contributed by atoms with Crippen molar-refractivity contribution in [2.24, 2.45) is 5.41 Å². The molecule has 5 heteroatoms. The van der Waals surface area contributed by atoms with Crippen LogP contribution in [-0.2, 0) is 0 Å². The van der Waals surface area contributed by atoms with Gasteiger partial charge in [0, 0.05) is 12.1 Å². The molecule has 3 N–H and O–H groups in total. The molecule has 1 fully saturated rings. The Morgan fingerprint density at radius 3 is 2.82 bits per heavy atom. The van der Waals surface area contributed by atoms with Crippen LogP contribution >= 0.6 is 11.6 Å². The van der Waals surface area contributed by atoms with E-state index in [9.17, 15) is 4.79 Å². The highest BCUT2D eigenvalue weighted by atomic mass is 35.5. The Hall–Kier alpha value is -1.29. The summed E-state index contributed by atoms with van der Waals surface area (Å²) in [6.45, 7) is 2.89. The maximum atomic E-state index is 11.9. The van der Waals surface area contributed by atoms with Crippen LogP contribution in [0.5, 0.6) is 0 Å². The second-order valence-corrected chi connectivity index (χ2v) is 5.34. The van der Waals surface area contributed by atoms with E-state index in [0.717, 1.165) is 0 Å². The van der Waals surface area contributed by atoms with Crippen LogP contribution in [0.3, 0.4) is 0 Å². The van der Waals surface area contributed by atoms with Crippen molar-refractivity contribution in [1.82, 2.24) is 10.3 Å². The van der Waals surface area contributed by atoms with Gasteiger partial charge in [-0.2, -0.15) is 0 Å². The summed E-state index contributed by atoms with van der Waals surface area (Å²) in [5, 5.41) is 3.16. The summed E-state index contributed by atoms with van der Waals surface area (Å²) in [6.07, 6.45) is 3.60. The third-order valence-corrected chi connectivity index (χ3v) is 3.51. The Morgan fingerprint density at radius 1 is 1.59 bits per heavy atom. The molecule has 0 atom stereocenters. The second kappa shape index (κ2) is 4.53. The van der Waals surface area contributed by atoms with Crippen molar-refractivity contribution in [3.05, 3.63) is 22.8 Å². The minimum absolute atomic E-state index is 0.144. The predicted molar refractivity (Wildman–Crippen MR) is 68.0 cm³/mol. The lowest BCUT2D eigenvalue weighted by Gasteiger charge is -2.38. The number of nitrogens with two attached hydrogens (primary N) is 1. The van der Waals surface area contributed by atoms with Crippen LogP contribution in [0.15, 0.2) is 12.1 Å². The number of pyridine rings is 1. The molecule has 0 saturated heterocycles. The molecule has 0 aliphatic heterocycles. The normalized spacial score (nSPS) is 17.3. The summed E-state index contributed by atoms with van der Waals surface area (Å²) in [5.41, 5.74) is 6.27. The average Bonchev–Trinajstić information content (AvgIpc) is 2.22. The second-order valence-electron chi connectivity index (χ2n) is 4.95. The van der Waals surface area contributed by atoms with E-state index in [1.165, 1.54) is 31.4 Å². The number of hydrogen-bond donors (Lipinski definition) is 2. The van der Waals surface area contributed by atoms with Crippen LogP contribution in [0.1, 0.15) is 36.5 Å². The molecule has 1 heterocycles. The Morgan fingerprint density at radius 2 is 2.29 bits per heavy atom. The molecule has 92 valence electrons. The zero-order valence-electron chi connectivity index (χ0n) is 9.79. The lowest BCUT2D eigenvalue weighted by Crippen LogP contribution is -2.39. The van der Waals surface area contributed by atoms with Gasteiger partial charge in [0.25, 0.3) is 5.91 Å². The molecule has 1 amide bonds. The van der Waals surface area contributed by atoms with Crippen LogP contribution in [0, 0.1) is 5.41 Å². The van der Waals surface area contributed by atoms with Crippen LogP contribution < -0.4 is 11.1 Å². The molecular weight excluding hydrogens is 238 g/mol. The third kappa shape index (κ3) is 2.88. The van der Waals surface area contributed by atoms with Crippen LogP contribution in [0.2, 0.25) is 5.15 Å². The molecule has 0 unspecified atom stereocenters. The Bertz CT molecular complexity index is 423. The quantitative estimate of drug-likeness (QED) is 0.812. The molecule has 0 spiro atoms. The minimum Gasteiger partial charge on any atom is -0.384 e. The molecule has 1 aromatic rings. The van der Waals surface area contributed by atoms with Gasteiger partial charge in [-0.25, -0.2) is 4.98 Å². The van der Waals surface area contributed by atoms with E-state index < -0.39 is 0 Å². The van der Waals surface area contributed by atoms with Gasteiger partial charge < -0.3 is 11.1 Å². The smallest absolute Gasteiger partial charge is 0.251 e. The van der Waals surface area contributed by atoms with E-state index in [-0.39, 0.29) is 22.3 Å². The zero-order valence-corrected chi connectivity index (χ0v) is 10.5. The SMILES string of the molecule is CC1(CNC(=O)c2cc(N)nc(Cl)c2)CCC1. The summed E-state index contributed by atoms with van der Waals surface area (Å²) >= 11 is 5.75. The fourth-order valence-corrected chi connectivity index (χ4v) is 2.22. The van der Waals surface area contributed by atoms with Gasteiger partial charge in [-0.05, 0) is 30.4 Å². The number of anilines is 1. The van der Waals surface area contributed by atoms with Crippen molar-refractivity contribution < 1.29 is 4.79 Å². The number of nitrogens with one attached hydrogen (secondary N) is 1. The summed E-state index contributed by atoms with van der Waals surface area (Å²) in [7, 11) is 0. The van der Waals surface area contributed by atoms with Crippen molar-refractivity contribution in [3.63, 3.8) is 0 Å². The van der Waals surface area contributed by atoms with Gasteiger partial charge in [0.15, 0.2) is 0 Å². The highest BCUT2D eigenvalue weighted by Gasteiger charge is 2.31. The van der Waals surface area contributed by atoms with Crippen molar-refractivity contribution in [2.45, 2.75) is 26.2 Å². The number of amides is 1. The number of hydrogen-bond acceptors (Lipinski definition) is 3. The van der Waals surface area contributed by atoms with Crippen molar-refractivity contribution in [1.29, 1.82) is 0 Å². The van der Waals surface area contributed by atoms with E-state index in [2.05, 4.69) is 17.2 Å². The first-order chi connectivity index (χ1) is 7.98. The van der Waals surface area contributed by atoms with E-state index in [1.54, 1.807) is 0 Å². The van der Waals surface area contributed by atoms with E-state index in [4.69, 9.17) is 17.3 Å². The number of halogens is 1. The Balaban J connectivity index is 1.99. The number of carbonyl (C=O) groups excluding carboxylic acids is 1. The van der Waals surface area contributed by atoms with E-state index >= 15 is 0 Å². The van der Waals surface area contributed by atoms with Gasteiger partial charge in [0.05, 0.1) is 0 Å². The number of aromatic nitrogens is 1. The molecule has 2 rings (SSSR count). The fraction of sp³-hybridized carbons (Fsp3) is 0.500. The van der Waals surface area contributed by atoms with Crippen molar-refractivity contribution in [3.8, 4) is 0 Å². The highest BCUT2D eigenvalue weighted by molar-refractivity contribution is 6.29. The molecule has 0 aromatic carbocycles. The maximum Gasteiger partial charge on any atom is 0.251 e. The number of nitrogen functional groups attached to an aromatic ring is 1. The number of nitrogens with zero attached hydrogens (tertiary/aromatic N) is 1. The topological polar surface area (TPSA) is 68.0 Å². The van der Waals surface area contributed by atoms with Crippen molar-refractivity contribution >= 4 is 23.3 Å². The molecule has 4 nitrogen and oxygen atoms in total. The molecule has 1 saturated carbocycles. The van der Waals surface area contributed by atoms with Crippen LogP contribution in [0.4, 0.5) is 5.82 Å². The van der Waals surface area contributed by atoms with Gasteiger partial charge in [-0.15, -0.1) is 0 Å². The third-order valence-electron chi connectivity index (χ3n) is 3.31. The summed E-state index contributed by atoms with van der Waals surface area (Å²) in [5.74, 6) is 0.117. The summed E-state index contributed by atoms with van der Waals surface area (Å²) in [6, 6.07) is 3.06. The zero-order chi connectivity index (χ0) is 12.5.